The van der Waals surface area contributed by atoms with E-state index < -0.39 is 53.4 Å². The first-order chi connectivity index (χ1) is 17.8. The van der Waals surface area contributed by atoms with Crippen molar-refractivity contribution in [3.63, 3.8) is 0 Å². The summed E-state index contributed by atoms with van der Waals surface area (Å²) in [5.41, 5.74) is 5.23. The Morgan fingerprint density at radius 1 is 1.05 bits per heavy atom. The molecule has 9 nitrogen and oxygen atoms in total. The lowest BCUT2D eigenvalue weighted by Gasteiger charge is -2.47. The predicted octanol–water partition coefficient (Wildman–Crippen LogP) is 3.52. The van der Waals surface area contributed by atoms with E-state index in [0.717, 1.165) is 6.42 Å². The number of nitrogens with two attached hydrogens (primary N) is 1. The zero-order chi connectivity index (χ0) is 30.0. The number of esters is 1. The van der Waals surface area contributed by atoms with Crippen molar-refractivity contribution in [2.24, 2.45) is 28.9 Å². The van der Waals surface area contributed by atoms with Gasteiger partial charge in [-0.1, -0.05) is 33.8 Å². The van der Waals surface area contributed by atoms with E-state index >= 15 is 0 Å². The highest BCUT2D eigenvalue weighted by molar-refractivity contribution is 6.00. The van der Waals surface area contributed by atoms with Crippen LogP contribution in [0.2, 0.25) is 0 Å². The van der Waals surface area contributed by atoms with Gasteiger partial charge in [-0.3, -0.25) is 14.4 Å². The van der Waals surface area contributed by atoms with Crippen molar-refractivity contribution in [1.82, 2.24) is 4.90 Å². The average molecular weight is 553 g/mol. The van der Waals surface area contributed by atoms with Crippen LogP contribution >= 0.6 is 0 Å². The van der Waals surface area contributed by atoms with E-state index in [-0.39, 0.29) is 29.6 Å². The molecule has 0 amide bonds. The van der Waals surface area contributed by atoms with Crippen LogP contribution in [0, 0.1) is 23.2 Å². The summed E-state index contributed by atoms with van der Waals surface area (Å²) in [4.78, 5) is 42.3. The fraction of sp³-hybridized carbons (Fsp3) is 0.833. The molecule has 0 saturated carbocycles. The van der Waals surface area contributed by atoms with Crippen LogP contribution in [0.5, 0.6) is 0 Å². The number of ether oxygens (including phenoxy) is 4. The van der Waals surface area contributed by atoms with Crippen LogP contribution in [0.1, 0.15) is 75.2 Å². The monoisotopic (exact) mass is 552 g/mol. The standard InChI is InChI=1S/C30H52N2O7/c1-16-14-29(7,8)26(39-28-25(36-12)22(32(10)11)13-18(3)37-28)19(4)24(34)20(5)27(35)38-21(6)30(9,31)15-17(2)23(16)33/h15-16,18-22,25-26,28H,13-14,31H2,1-12H3/b17-15+/t16?,18-,19+,20-,21-,22?,25?,26?,28?,30?/m1/s1. The second-order valence-corrected chi connectivity index (χ2v) is 13.0. The Bertz CT molecular complexity index is 928. The van der Waals surface area contributed by atoms with E-state index in [2.05, 4.69) is 4.90 Å². The van der Waals surface area contributed by atoms with Crippen LogP contribution in [-0.4, -0.2) is 85.9 Å². The first kappa shape index (κ1) is 33.6. The lowest BCUT2D eigenvalue weighted by atomic mass is 9.71. The van der Waals surface area contributed by atoms with Crippen molar-refractivity contribution in [3.05, 3.63) is 11.6 Å². The Balaban J connectivity index is 2.57. The summed E-state index contributed by atoms with van der Waals surface area (Å²) in [5, 5.41) is 0. The number of allylic oxidation sites excluding steroid dienone is 1. The molecule has 2 heterocycles. The molecule has 6 unspecified atom stereocenters. The molecule has 1 fully saturated rings. The highest BCUT2D eigenvalue weighted by Crippen LogP contribution is 2.40. The van der Waals surface area contributed by atoms with Gasteiger partial charge in [0, 0.05) is 25.0 Å². The van der Waals surface area contributed by atoms with E-state index in [0.29, 0.717) is 12.0 Å². The topological polar surface area (TPSA) is 117 Å². The minimum Gasteiger partial charge on any atom is -0.460 e. The highest BCUT2D eigenvalue weighted by atomic mass is 16.7. The predicted molar refractivity (Wildman–Crippen MR) is 150 cm³/mol. The Labute approximate surface area is 235 Å². The SMILES string of the molecule is COC1C(OC2[C@@H](C)C(=O)[C@@H](C)C(=O)O[C@H](C)C(C)(N)/C=C(\C)C(=O)C(C)CC2(C)C)O[C@H](C)CC1N(C)C. The van der Waals surface area contributed by atoms with Crippen LogP contribution in [-0.2, 0) is 33.3 Å². The van der Waals surface area contributed by atoms with Gasteiger partial charge in [0.15, 0.2) is 17.9 Å². The number of methoxy groups -OCH3 is 1. The number of Topliss-reactive ketones (excluding diaryl/α,β-unsaturated/α-hetero) is 2. The second kappa shape index (κ2) is 12.9. The second-order valence-electron chi connectivity index (χ2n) is 13.0. The van der Waals surface area contributed by atoms with Gasteiger partial charge in [0.05, 0.1) is 17.7 Å². The Hall–Kier alpha value is -1.65. The van der Waals surface area contributed by atoms with E-state index in [1.807, 2.05) is 41.8 Å². The zero-order valence-corrected chi connectivity index (χ0v) is 26.1. The number of carbonyl (C=O) groups is 3. The molecule has 0 spiro atoms. The smallest absolute Gasteiger partial charge is 0.316 e. The number of carbonyl (C=O) groups excluding carboxylic acids is 3. The van der Waals surface area contributed by atoms with E-state index in [1.54, 1.807) is 47.8 Å². The van der Waals surface area contributed by atoms with Gasteiger partial charge < -0.3 is 29.6 Å². The third-order valence-corrected chi connectivity index (χ3v) is 8.62. The van der Waals surface area contributed by atoms with Gasteiger partial charge in [0.1, 0.15) is 18.1 Å². The Kier molecular flexibility index (Phi) is 11.1. The van der Waals surface area contributed by atoms with Crippen molar-refractivity contribution >= 4 is 17.5 Å². The number of hydrogen-bond acceptors (Lipinski definition) is 9. The molecule has 0 aromatic carbocycles. The summed E-state index contributed by atoms with van der Waals surface area (Å²) < 4.78 is 24.5. The maximum Gasteiger partial charge on any atom is 0.316 e. The van der Waals surface area contributed by atoms with E-state index in [4.69, 9.17) is 24.7 Å². The summed E-state index contributed by atoms with van der Waals surface area (Å²) in [7, 11) is 5.62. The molecule has 39 heavy (non-hydrogen) atoms. The average Bonchev–Trinajstić information content (AvgIpc) is 2.83. The zero-order valence-electron chi connectivity index (χ0n) is 26.1. The van der Waals surface area contributed by atoms with Crippen LogP contribution in [0.3, 0.4) is 0 Å². The van der Waals surface area contributed by atoms with Gasteiger partial charge in [-0.25, -0.2) is 0 Å². The molecule has 2 rings (SSSR count). The van der Waals surface area contributed by atoms with Crippen LogP contribution < -0.4 is 5.73 Å². The molecule has 2 aliphatic heterocycles. The summed E-state index contributed by atoms with van der Waals surface area (Å²) >= 11 is 0. The minimum atomic E-state index is -1.08. The molecule has 0 aliphatic carbocycles. The molecule has 0 bridgehead atoms. The highest BCUT2D eigenvalue weighted by Gasteiger charge is 2.48. The third kappa shape index (κ3) is 7.76. The van der Waals surface area contributed by atoms with Crippen molar-refractivity contribution in [1.29, 1.82) is 0 Å². The van der Waals surface area contributed by atoms with Crippen LogP contribution in [0.4, 0.5) is 0 Å². The quantitative estimate of drug-likeness (QED) is 0.413. The number of cyclic esters (lactones) is 1. The number of nitrogens with zero attached hydrogens (tertiary/aromatic N) is 1. The molecule has 10 atom stereocenters. The fourth-order valence-corrected chi connectivity index (χ4v) is 6.13. The molecule has 9 heteroatoms. The number of likely N-dealkylation sites (N-methyl/N-ethyl adjacent to an activating group) is 1. The third-order valence-electron chi connectivity index (χ3n) is 8.62. The summed E-state index contributed by atoms with van der Waals surface area (Å²) in [6.07, 6.45) is 0.245. The molecule has 224 valence electrons. The van der Waals surface area contributed by atoms with Gasteiger partial charge in [-0.05, 0) is 72.5 Å². The molecule has 0 radical (unpaired) electrons. The maximum absolute atomic E-state index is 13.7. The lowest BCUT2D eigenvalue weighted by molar-refractivity contribution is -0.289. The molecule has 1 saturated heterocycles. The lowest BCUT2D eigenvalue weighted by Crippen LogP contribution is -2.57. The largest absolute Gasteiger partial charge is 0.460 e. The Morgan fingerprint density at radius 2 is 1.64 bits per heavy atom. The van der Waals surface area contributed by atoms with Crippen molar-refractivity contribution in [2.45, 2.75) is 117 Å². The van der Waals surface area contributed by atoms with Gasteiger partial charge in [0.25, 0.3) is 0 Å². The molecule has 0 aromatic rings. The van der Waals surface area contributed by atoms with Crippen molar-refractivity contribution < 1.29 is 33.3 Å². The summed E-state index contributed by atoms with van der Waals surface area (Å²) in [5.74, 6) is -3.08. The molecule has 0 aromatic heterocycles. The van der Waals surface area contributed by atoms with Crippen molar-refractivity contribution in [2.75, 3.05) is 21.2 Å². The molecule has 2 N–H and O–H groups in total. The van der Waals surface area contributed by atoms with Gasteiger partial charge in [0.2, 0.25) is 0 Å². The van der Waals surface area contributed by atoms with Crippen LogP contribution in [0.15, 0.2) is 11.6 Å². The summed E-state index contributed by atoms with van der Waals surface area (Å²) in [6, 6.07) is 0.0469. The maximum atomic E-state index is 13.7. The van der Waals surface area contributed by atoms with Gasteiger partial charge >= 0.3 is 5.97 Å². The normalized spacial score (nSPS) is 42.5. The first-order valence-electron chi connectivity index (χ1n) is 14.1. The molecular formula is C30H52N2O7. The fourth-order valence-electron chi connectivity index (χ4n) is 6.13. The van der Waals surface area contributed by atoms with Crippen LogP contribution in [0.25, 0.3) is 0 Å². The molecule has 2 aliphatic rings. The molecular weight excluding hydrogens is 500 g/mol. The van der Waals surface area contributed by atoms with E-state index in [9.17, 15) is 14.4 Å². The van der Waals surface area contributed by atoms with Gasteiger partial charge in [-0.15, -0.1) is 0 Å². The van der Waals surface area contributed by atoms with Crippen molar-refractivity contribution in [3.8, 4) is 0 Å². The number of ketones is 2. The first-order valence-corrected chi connectivity index (χ1v) is 14.1. The Morgan fingerprint density at radius 3 is 2.18 bits per heavy atom. The summed E-state index contributed by atoms with van der Waals surface area (Å²) in [6.45, 7) is 16.3. The number of hydrogen-bond donors (Lipinski definition) is 1. The van der Waals surface area contributed by atoms with Gasteiger partial charge in [-0.2, -0.15) is 0 Å². The minimum absolute atomic E-state index is 0.0469. The number of rotatable bonds is 4. The van der Waals surface area contributed by atoms with E-state index in [1.165, 1.54) is 0 Å².